The molecule has 0 N–H and O–H groups in total. The maximum Gasteiger partial charge on any atom is 0.170 e. The van der Waals surface area contributed by atoms with E-state index in [-0.39, 0.29) is 12.3 Å². The molecule has 1 aromatic carbocycles. The van der Waals surface area contributed by atoms with E-state index in [2.05, 4.69) is 5.10 Å². The van der Waals surface area contributed by atoms with Crippen molar-refractivity contribution >= 4 is 6.29 Å². The minimum atomic E-state index is -0.398. The molecular weight excluding hydrogens is 247 g/mol. The number of benzene rings is 1. The van der Waals surface area contributed by atoms with Crippen molar-refractivity contribution in [3.63, 3.8) is 0 Å². The molecule has 0 aliphatic carbocycles. The van der Waals surface area contributed by atoms with Gasteiger partial charge in [-0.05, 0) is 19.9 Å². The molecule has 0 bridgehead atoms. The van der Waals surface area contributed by atoms with Crippen LogP contribution in [-0.4, -0.2) is 23.2 Å². The molecule has 0 amide bonds. The van der Waals surface area contributed by atoms with Crippen LogP contribution in [0.2, 0.25) is 0 Å². The van der Waals surface area contributed by atoms with Crippen LogP contribution < -0.4 is 4.74 Å². The Labute approximate surface area is 110 Å². The third kappa shape index (κ3) is 2.36. The van der Waals surface area contributed by atoms with Crippen LogP contribution in [0.3, 0.4) is 0 Å². The average Bonchev–Trinajstić information content (AvgIpc) is 2.66. The highest BCUT2D eigenvalue weighted by atomic mass is 19.1. The first-order valence-corrected chi connectivity index (χ1v) is 5.89. The van der Waals surface area contributed by atoms with Crippen molar-refractivity contribution in [1.29, 1.82) is 0 Å². The van der Waals surface area contributed by atoms with Crippen LogP contribution in [0.4, 0.5) is 4.39 Å². The van der Waals surface area contributed by atoms with Crippen molar-refractivity contribution in [3.8, 4) is 5.75 Å². The topological polar surface area (TPSA) is 44.1 Å². The zero-order valence-corrected chi connectivity index (χ0v) is 11.1. The summed E-state index contributed by atoms with van der Waals surface area (Å²) in [5, 5.41) is 4.25. The molecule has 0 saturated heterocycles. The lowest BCUT2D eigenvalue weighted by molar-refractivity contribution is 0.112. The van der Waals surface area contributed by atoms with Crippen molar-refractivity contribution in [2.24, 2.45) is 0 Å². The van der Waals surface area contributed by atoms with E-state index in [1.807, 2.05) is 0 Å². The monoisotopic (exact) mass is 262 g/mol. The normalized spacial score (nSPS) is 10.5. The summed E-state index contributed by atoms with van der Waals surface area (Å²) in [6.45, 7) is 3.82. The third-order valence-electron chi connectivity index (χ3n) is 3.14. The molecule has 0 saturated carbocycles. The number of aromatic nitrogens is 2. The van der Waals surface area contributed by atoms with Gasteiger partial charge in [-0.1, -0.05) is 12.1 Å². The summed E-state index contributed by atoms with van der Waals surface area (Å²) >= 11 is 0. The van der Waals surface area contributed by atoms with E-state index in [0.717, 1.165) is 12.0 Å². The van der Waals surface area contributed by atoms with Gasteiger partial charge >= 0.3 is 0 Å². The van der Waals surface area contributed by atoms with Gasteiger partial charge in [0.1, 0.15) is 0 Å². The number of nitrogens with zero attached hydrogens (tertiary/aromatic N) is 2. The Morgan fingerprint density at radius 1 is 1.42 bits per heavy atom. The summed E-state index contributed by atoms with van der Waals surface area (Å²) in [4.78, 5) is 10.9. The second kappa shape index (κ2) is 5.22. The van der Waals surface area contributed by atoms with Crippen LogP contribution in [0.25, 0.3) is 0 Å². The predicted octanol–water partition coefficient (Wildman–Crippen LogP) is 2.51. The zero-order valence-electron chi connectivity index (χ0n) is 11.1. The molecule has 4 nitrogen and oxygen atoms in total. The maximum atomic E-state index is 14.0. The number of halogens is 1. The van der Waals surface area contributed by atoms with E-state index >= 15 is 0 Å². The van der Waals surface area contributed by atoms with Crippen LogP contribution >= 0.6 is 0 Å². The van der Waals surface area contributed by atoms with Crippen LogP contribution in [0.5, 0.6) is 5.75 Å². The fourth-order valence-electron chi connectivity index (χ4n) is 2.03. The van der Waals surface area contributed by atoms with Gasteiger partial charge in [-0.3, -0.25) is 9.48 Å². The first-order valence-electron chi connectivity index (χ1n) is 5.89. The van der Waals surface area contributed by atoms with Crippen molar-refractivity contribution in [2.75, 3.05) is 7.11 Å². The molecule has 0 aliphatic heterocycles. The lowest BCUT2D eigenvalue weighted by Crippen LogP contribution is -2.06. The Hall–Kier alpha value is -2.17. The number of methoxy groups -OCH3 is 1. The fourth-order valence-corrected chi connectivity index (χ4v) is 2.03. The quantitative estimate of drug-likeness (QED) is 0.795. The highest BCUT2D eigenvalue weighted by molar-refractivity contribution is 5.78. The van der Waals surface area contributed by atoms with E-state index < -0.39 is 5.82 Å². The molecule has 2 rings (SSSR count). The minimum absolute atomic E-state index is 0.203. The average molecular weight is 262 g/mol. The molecule has 1 aromatic heterocycles. The summed E-state index contributed by atoms with van der Waals surface area (Å²) in [7, 11) is 1.43. The van der Waals surface area contributed by atoms with Crippen LogP contribution in [-0.2, 0) is 6.54 Å². The Bertz CT molecular complexity index is 620. The second-order valence-electron chi connectivity index (χ2n) is 4.29. The summed E-state index contributed by atoms with van der Waals surface area (Å²) in [5.41, 5.74) is 2.41. The van der Waals surface area contributed by atoms with E-state index in [0.29, 0.717) is 16.8 Å². The molecule has 0 fully saturated rings. The molecule has 1 heterocycles. The van der Waals surface area contributed by atoms with E-state index in [9.17, 15) is 9.18 Å². The molecule has 0 atom stereocenters. The number of carbonyl (C=O) groups is 1. The van der Waals surface area contributed by atoms with Gasteiger partial charge in [0.05, 0.1) is 24.9 Å². The summed E-state index contributed by atoms with van der Waals surface area (Å²) in [6, 6.07) is 4.97. The minimum Gasteiger partial charge on any atom is -0.494 e. The van der Waals surface area contributed by atoms with Gasteiger partial charge in [0.15, 0.2) is 17.9 Å². The number of hydrogen-bond donors (Lipinski definition) is 0. The first-order chi connectivity index (χ1) is 9.08. The lowest BCUT2D eigenvalue weighted by atomic mass is 10.2. The number of hydrogen-bond acceptors (Lipinski definition) is 3. The molecule has 0 aliphatic rings. The lowest BCUT2D eigenvalue weighted by Gasteiger charge is -2.08. The largest absolute Gasteiger partial charge is 0.494 e. The molecule has 0 unspecified atom stereocenters. The van der Waals surface area contributed by atoms with Crippen LogP contribution in [0.15, 0.2) is 18.2 Å². The smallest absolute Gasteiger partial charge is 0.170 e. The molecule has 100 valence electrons. The number of ether oxygens (including phenoxy) is 1. The summed E-state index contributed by atoms with van der Waals surface area (Å²) in [6.07, 6.45) is 0.774. The Morgan fingerprint density at radius 2 is 2.16 bits per heavy atom. The van der Waals surface area contributed by atoms with Crippen molar-refractivity contribution in [1.82, 2.24) is 9.78 Å². The van der Waals surface area contributed by atoms with Gasteiger partial charge in [0, 0.05) is 11.3 Å². The number of aldehydes is 1. The van der Waals surface area contributed by atoms with Gasteiger partial charge in [0.2, 0.25) is 0 Å². The van der Waals surface area contributed by atoms with Gasteiger partial charge in [-0.15, -0.1) is 0 Å². The van der Waals surface area contributed by atoms with E-state index in [4.69, 9.17) is 4.74 Å². The summed E-state index contributed by atoms with van der Waals surface area (Å²) in [5.74, 6) is -0.195. The first kappa shape index (κ1) is 13.3. The van der Waals surface area contributed by atoms with Crippen molar-refractivity contribution in [2.45, 2.75) is 20.4 Å². The Morgan fingerprint density at radius 3 is 2.74 bits per heavy atom. The zero-order chi connectivity index (χ0) is 14.0. The molecule has 0 spiro atoms. The molecule has 0 radical (unpaired) electrons. The van der Waals surface area contributed by atoms with Gasteiger partial charge < -0.3 is 4.74 Å². The van der Waals surface area contributed by atoms with Crippen molar-refractivity contribution < 1.29 is 13.9 Å². The predicted molar refractivity (Wildman–Crippen MR) is 69.1 cm³/mol. The van der Waals surface area contributed by atoms with Crippen molar-refractivity contribution in [3.05, 3.63) is 46.5 Å². The molecule has 19 heavy (non-hydrogen) atoms. The number of rotatable bonds is 4. The van der Waals surface area contributed by atoms with E-state index in [1.54, 1.807) is 36.7 Å². The maximum absolute atomic E-state index is 14.0. The SMILES string of the molecule is COc1cccc(Cn2nc(C)c(C=O)c2C)c1F. The van der Waals surface area contributed by atoms with Gasteiger partial charge in [0.25, 0.3) is 0 Å². The van der Waals surface area contributed by atoms with Crippen LogP contribution in [0.1, 0.15) is 27.3 Å². The van der Waals surface area contributed by atoms with Gasteiger partial charge in [-0.25, -0.2) is 4.39 Å². The number of carbonyl (C=O) groups excluding carboxylic acids is 1. The second-order valence-corrected chi connectivity index (χ2v) is 4.29. The third-order valence-corrected chi connectivity index (χ3v) is 3.14. The Balaban J connectivity index is 2.39. The number of aryl methyl sites for hydroxylation is 1. The highest BCUT2D eigenvalue weighted by Crippen LogP contribution is 2.21. The fraction of sp³-hybridized carbons (Fsp3) is 0.286. The van der Waals surface area contributed by atoms with Gasteiger partial charge in [-0.2, -0.15) is 5.10 Å². The van der Waals surface area contributed by atoms with Crippen LogP contribution in [0, 0.1) is 19.7 Å². The van der Waals surface area contributed by atoms with E-state index in [1.165, 1.54) is 7.11 Å². The molecule has 2 aromatic rings. The standard InChI is InChI=1S/C14H15FN2O2/c1-9-12(8-18)10(2)17(16-9)7-11-5-4-6-13(19-3)14(11)15/h4-6,8H,7H2,1-3H3. The molecular formula is C14H15FN2O2. The molecule has 5 heteroatoms. The Kier molecular flexibility index (Phi) is 3.64. The highest BCUT2D eigenvalue weighted by Gasteiger charge is 2.14. The summed E-state index contributed by atoms with van der Waals surface area (Å²) < 4.78 is 20.6.